The summed E-state index contributed by atoms with van der Waals surface area (Å²) < 4.78 is 27.5. The molecule has 0 aliphatic carbocycles. The molecule has 4 nitrogen and oxygen atoms in total. The van der Waals surface area contributed by atoms with E-state index in [1.807, 2.05) is 0 Å². The minimum absolute atomic E-state index is 0.0633. The summed E-state index contributed by atoms with van der Waals surface area (Å²) in [7, 11) is 0. The fourth-order valence-electron chi connectivity index (χ4n) is 3.16. The Morgan fingerprint density at radius 2 is 1.88 bits per heavy atom. The highest BCUT2D eigenvalue weighted by Gasteiger charge is 2.29. The number of para-hydroxylation sites is 1. The number of nitrogens with zero attached hydrogens (tertiary/aromatic N) is 1. The molecule has 3 rings (SSSR count). The number of aliphatic hydroxyl groups is 1. The number of amides is 1. The zero-order valence-corrected chi connectivity index (χ0v) is 13.7. The Kier molecular flexibility index (Phi) is 5.28. The number of rotatable bonds is 5. The highest BCUT2D eigenvalue weighted by Crippen LogP contribution is 2.24. The molecule has 25 heavy (non-hydrogen) atoms. The zero-order valence-electron chi connectivity index (χ0n) is 13.7. The molecule has 6 heteroatoms. The van der Waals surface area contributed by atoms with Crippen molar-refractivity contribution in [3.8, 4) is 0 Å². The van der Waals surface area contributed by atoms with Crippen molar-refractivity contribution in [2.45, 2.75) is 25.4 Å². The lowest BCUT2D eigenvalue weighted by molar-refractivity contribution is 0.0678. The molecule has 1 heterocycles. The van der Waals surface area contributed by atoms with Gasteiger partial charge in [-0.05, 0) is 37.1 Å². The molecule has 132 valence electrons. The maximum absolute atomic E-state index is 13.8. The number of benzene rings is 2. The Bertz CT molecular complexity index is 747. The Balaban J connectivity index is 1.80. The number of likely N-dealkylation sites (tertiary alicyclic amines) is 1. The van der Waals surface area contributed by atoms with Crippen LogP contribution < -0.4 is 5.32 Å². The number of aliphatic hydroxyl groups excluding tert-OH is 1. The number of carbonyl (C=O) groups is 1. The SMILES string of the molecule is O=C(c1ccccc1NCc1c(F)cccc1F)N1CCCC1CO. The van der Waals surface area contributed by atoms with Gasteiger partial charge in [0.1, 0.15) is 11.6 Å². The van der Waals surface area contributed by atoms with Gasteiger partial charge in [0.15, 0.2) is 0 Å². The molecular weight excluding hydrogens is 326 g/mol. The minimum atomic E-state index is -0.629. The third-order valence-corrected chi connectivity index (χ3v) is 4.52. The van der Waals surface area contributed by atoms with E-state index in [1.165, 1.54) is 18.2 Å². The van der Waals surface area contributed by atoms with Crippen molar-refractivity contribution < 1.29 is 18.7 Å². The van der Waals surface area contributed by atoms with Crippen LogP contribution >= 0.6 is 0 Å². The molecule has 1 aliphatic rings. The van der Waals surface area contributed by atoms with Crippen molar-refractivity contribution in [2.24, 2.45) is 0 Å². The van der Waals surface area contributed by atoms with E-state index >= 15 is 0 Å². The van der Waals surface area contributed by atoms with Crippen molar-refractivity contribution in [2.75, 3.05) is 18.5 Å². The van der Waals surface area contributed by atoms with E-state index in [9.17, 15) is 18.7 Å². The first-order valence-corrected chi connectivity index (χ1v) is 8.29. The second-order valence-electron chi connectivity index (χ2n) is 6.08. The summed E-state index contributed by atoms with van der Waals surface area (Å²) in [6, 6.07) is 10.4. The first kappa shape index (κ1) is 17.4. The summed E-state index contributed by atoms with van der Waals surface area (Å²) in [5, 5.41) is 12.4. The Labute approximate surface area is 145 Å². The van der Waals surface area contributed by atoms with Gasteiger partial charge in [0.05, 0.1) is 18.2 Å². The van der Waals surface area contributed by atoms with Crippen LogP contribution in [-0.4, -0.2) is 35.1 Å². The van der Waals surface area contributed by atoms with E-state index in [4.69, 9.17) is 0 Å². The molecule has 1 aliphatic heterocycles. The van der Waals surface area contributed by atoms with Crippen LogP contribution in [0, 0.1) is 11.6 Å². The van der Waals surface area contributed by atoms with Crippen molar-refractivity contribution in [3.63, 3.8) is 0 Å². The number of hydrogen-bond donors (Lipinski definition) is 2. The molecule has 2 aromatic rings. The summed E-state index contributed by atoms with van der Waals surface area (Å²) in [5.41, 5.74) is 0.873. The van der Waals surface area contributed by atoms with E-state index in [0.29, 0.717) is 17.8 Å². The number of nitrogens with one attached hydrogen (secondary N) is 1. The third kappa shape index (κ3) is 3.64. The predicted molar refractivity (Wildman–Crippen MR) is 91.3 cm³/mol. The van der Waals surface area contributed by atoms with Gasteiger partial charge in [-0.2, -0.15) is 0 Å². The number of anilines is 1. The highest BCUT2D eigenvalue weighted by atomic mass is 19.1. The maximum Gasteiger partial charge on any atom is 0.256 e. The normalized spacial score (nSPS) is 16.9. The van der Waals surface area contributed by atoms with Gasteiger partial charge < -0.3 is 15.3 Å². The van der Waals surface area contributed by atoms with Crippen molar-refractivity contribution >= 4 is 11.6 Å². The lowest BCUT2D eigenvalue weighted by Gasteiger charge is -2.24. The second-order valence-corrected chi connectivity index (χ2v) is 6.08. The van der Waals surface area contributed by atoms with E-state index in [1.54, 1.807) is 29.2 Å². The third-order valence-electron chi connectivity index (χ3n) is 4.52. The minimum Gasteiger partial charge on any atom is -0.394 e. The Morgan fingerprint density at radius 1 is 1.16 bits per heavy atom. The van der Waals surface area contributed by atoms with Crippen molar-refractivity contribution in [3.05, 3.63) is 65.2 Å². The molecule has 1 unspecified atom stereocenters. The lowest BCUT2D eigenvalue weighted by atomic mass is 10.1. The highest BCUT2D eigenvalue weighted by molar-refractivity contribution is 5.99. The first-order valence-electron chi connectivity index (χ1n) is 8.29. The summed E-state index contributed by atoms with van der Waals surface area (Å²) in [4.78, 5) is 14.5. The summed E-state index contributed by atoms with van der Waals surface area (Å²) >= 11 is 0. The van der Waals surface area contributed by atoms with Gasteiger partial charge in [0.25, 0.3) is 5.91 Å². The monoisotopic (exact) mass is 346 g/mol. The fourth-order valence-corrected chi connectivity index (χ4v) is 3.16. The summed E-state index contributed by atoms with van der Waals surface area (Å²) in [6.07, 6.45) is 1.63. The average Bonchev–Trinajstić information content (AvgIpc) is 3.10. The topological polar surface area (TPSA) is 52.6 Å². The van der Waals surface area contributed by atoms with Crippen LogP contribution in [-0.2, 0) is 6.54 Å². The predicted octanol–water partition coefficient (Wildman–Crippen LogP) is 3.17. The number of hydrogen-bond acceptors (Lipinski definition) is 3. The van der Waals surface area contributed by atoms with Crippen LogP contribution in [0.1, 0.15) is 28.8 Å². The first-order chi connectivity index (χ1) is 12.1. The standard InChI is InChI=1S/C19H20F2N2O2/c20-16-7-3-8-17(21)15(16)11-22-18-9-2-1-6-14(18)19(25)23-10-4-5-13(23)12-24/h1-3,6-9,13,22,24H,4-5,10-12H2. The second kappa shape index (κ2) is 7.61. The van der Waals surface area contributed by atoms with Crippen LogP contribution in [0.3, 0.4) is 0 Å². The van der Waals surface area contributed by atoms with Crippen molar-refractivity contribution in [1.82, 2.24) is 4.90 Å². The van der Waals surface area contributed by atoms with Crippen LogP contribution in [0.25, 0.3) is 0 Å². The van der Waals surface area contributed by atoms with Gasteiger partial charge in [-0.25, -0.2) is 8.78 Å². The molecule has 1 amide bonds. The van der Waals surface area contributed by atoms with E-state index in [-0.39, 0.29) is 30.7 Å². The van der Waals surface area contributed by atoms with Crippen LogP contribution in [0.4, 0.5) is 14.5 Å². The molecule has 2 N–H and O–H groups in total. The average molecular weight is 346 g/mol. The number of carbonyl (C=O) groups excluding carboxylic acids is 1. The molecule has 0 spiro atoms. The van der Waals surface area contributed by atoms with Crippen molar-refractivity contribution in [1.29, 1.82) is 0 Å². The molecule has 0 radical (unpaired) electrons. The molecule has 2 aromatic carbocycles. The Morgan fingerprint density at radius 3 is 2.60 bits per heavy atom. The summed E-state index contributed by atoms with van der Waals surface area (Å²) in [6.45, 7) is 0.467. The molecule has 0 bridgehead atoms. The van der Waals surface area contributed by atoms with Crippen LogP contribution in [0.5, 0.6) is 0 Å². The smallest absolute Gasteiger partial charge is 0.256 e. The molecule has 1 saturated heterocycles. The summed E-state index contributed by atoms with van der Waals surface area (Å²) in [5.74, 6) is -1.44. The number of halogens is 2. The van der Waals surface area contributed by atoms with Gasteiger partial charge in [-0.15, -0.1) is 0 Å². The van der Waals surface area contributed by atoms with E-state index in [2.05, 4.69) is 5.32 Å². The molecule has 1 fully saturated rings. The van der Waals surface area contributed by atoms with Crippen LogP contribution in [0.2, 0.25) is 0 Å². The maximum atomic E-state index is 13.8. The van der Waals surface area contributed by atoms with Crippen LogP contribution in [0.15, 0.2) is 42.5 Å². The van der Waals surface area contributed by atoms with Gasteiger partial charge >= 0.3 is 0 Å². The van der Waals surface area contributed by atoms with E-state index in [0.717, 1.165) is 12.8 Å². The molecule has 0 saturated carbocycles. The molecule has 0 aromatic heterocycles. The van der Waals surface area contributed by atoms with Gasteiger partial charge in [0, 0.05) is 24.3 Å². The van der Waals surface area contributed by atoms with Gasteiger partial charge in [0.2, 0.25) is 0 Å². The fraction of sp³-hybridized carbons (Fsp3) is 0.316. The van der Waals surface area contributed by atoms with Gasteiger partial charge in [-0.1, -0.05) is 18.2 Å². The van der Waals surface area contributed by atoms with E-state index < -0.39 is 11.6 Å². The zero-order chi connectivity index (χ0) is 17.8. The largest absolute Gasteiger partial charge is 0.394 e. The molecule has 1 atom stereocenters. The molecular formula is C19H20F2N2O2. The Hall–Kier alpha value is -2.47. The lowest BCUT2D eigenvalue weighted by Crippen LogP contribution is -2.37. The quantitative estimate of drug-likeness (QED) is 0.874. The van der Waals surface area contributed by atoms with Gasteiger partial charge in [-0.3, -0.25) is 4.79 Å².